The second-order valence-corrected chi connectivity index (χ2v) is 6.01. The first kappa shape index (κ1) is 16.2. The van der Waals surface area contributed by atoms with E-state index in [2.05, 4.69) is 27.5 Å². The van der Waals surface area contributed by atoms with Gasteiger partial charge < -0.3 is 10.2 Å². The molecule has 0 aromatic carbocycles. The lowest BCUT2D eigenvalue weighted by atomic mass is 9.94. The Morgan fingerprint density at radius 3 is 2.76 bits per heavy atom. The molecular formula is C15H23ClN4O. The van der Waals surface area contributed by atoms with Crippen molar-refractivity contribution in [2.24, 2.45) is 0 Å². The van der Waals surface area contributed by atoms with Crippen molar-refractivity contribution in [2.75, 3.05) is 20.1 Å². The van der Waals surface area contributed by atoms with E-state index < -0.39 is 0 Å². The van der Waals surface area contributed by atoms with E-state index in [-0.39, 0.29) is 5.91 Å². The molecule has 1 aliphatic rings. The van der Waals surface area contributed by atoms with Gasteiger partial charge in [-0.3, -0.25) is 4.79 Å². The standard InChI is InChI=1S/C15H23ClN4O/c1-20(12-6-3-2-4-7-12)11-5-10-17-15(21)13-8-9-14(16)19-18-13/h8-9,12H,2-7,10-11H2,1H3,(H,17,21). The number of halogens is 1. The second-order valence-electron chi connectivity index (χ2n) is 5.62. The lowest BCUT2D eigenvalue weighted by Gasteiger charge is -2.31. The number of carbonyl (C=O) groups is 1. The maximum absolute atomic E-state index is 11.8. The van der Waals surface area contributed by atoms with Crippen LogP contribution in [0.15, 0.2) is 12.1 Å². The number of hydrogen-bond donors (Lipinski definition) is 1. The summed E-state index contributed by atoms with van der Waals surface area (Å²) in [4.78, 5) is 14.3. The van der Waals surface area contributed by atoms with Crippen LogP contribution in [0.3, 0.4) is 0 Å². The highest BCUT2D eigenvalue weighted by molar-refractivity contribution is 6.29. The van der Waals surface area contributed by atoms with Crippen LogP contribution in [0, 0.1) is 0 Å². The van der Waals surface area contributed by atoms with E-state index in [9.17, 15) is 4.79 Å². The van der Waals surface area contributed by atoms with Gasteiger partial charge in [-0.1, -0.05) is 30.9 Å². The highest BCUT2D eigenvalue weighted by Gasteiger charge is 2.17. The molecule has 0 spiro atoms. The van der Waals surface area contributed by atoms with Gasteiger partial charge in [0.15, 0.2) is 10.8 Å². The first-order valence-corrected chi connectivity index (χ1v) is 8.02. The fourth-order valence-corrected chi connectivity index (χ4v) is 2.86. The summed E-state index contributed by atoms with van der Waals surface area (Å²) in [6.07, 6.45) is 7.64. The van der Waals surface area contributed by atoms with Crippen molar-refractivity contribution < 1.29 is 4.79 Å². The smallest absolute Gasteiger partial charge is 0.271 e. The van der Waals surface area contributed by atoms with E-state index in [0.717, 1.165) is 19.0 Å². The number of hydrogen-bond acceptors (Lipinski definition) is 4. The Morgan fingerprint density at radius 2 is 2.10 bits per heavy atom. The quantitative estimate of drug-likeness (QED) is 0.820. The summed E-state index contributed by atoms with van der Waals surface area (Å²) in [5.41, 5.74) is 0.306. The third-order valence-electron chi connectivity index (χ3n) is 4.04. The molecule has 0 atom stereocenters. The molecule has 1 saturated carbocycles. The fourth-order valence-electron chi connectivity index (χ4n) is 2.76. The summed E-state index contributed by atoms with van der Waals surface area (Å²) in [6, 6.07) is 3.87. The topological polar surface area (TPSA) is 58.1 Å². The molecule has 1 N–H and O–H groups in total. The normalized spacial score (nSPS) is 16.1. The van der Waals surface area contributed by atoms with Gasteiger partial charge in [0.05, 0.1) is 0 Å². The zero-order chi connectivity index (χ0) is 15.1. The van der Waals surface area contributed by atoms with E-state index in [1.54, 1.807) is 12.1 Å². The summed E-state index contributed by atoms with van der Waals surface area (Å²) >= 11 is 5.64. The van der Waals surface area contributed by atoms with E-state index in [4.69, 9.17) is 11.6 Å². The van der Waals surface area contributed by atoms with Gasteiger partial charge in [0.2, 0.25) is 0 Å². The Labute approximate surface area is 131 Å². The predicted octanol–water partition coefficient (Wildman–Crippen LogP) is 2.51. The van der Waals surface area contributed by atoms with Crippen LogP contribution in [-0.2, 0) is 0 Å². The van der Waals surface area contributed by atoms with Crippen LogP contribution in [-0.4, -0.2) is 47.2 Å². The number of nitrogens with one attached hydrogen (secondary N) is 1. The van der Waals surface area contributed by atoms with Crippen LogP contribution in [0.2, 0.25) is 5.15 Å². The summed E-state index contributed by atoms with van der Waals surface area (Å²) in [7, 11) is 2.18. The largest absolute Gasteiger partial charge is 0.351 e. The first-order chi connectivity index (χ1) is 10.2. The average molecular weight is 311 g/mol. The van der Waals surface area contributed by atoms with Gasteiger partial charge in [0.25, 0.3) is 5.91 Å². The van der Waals surface area contributed by atoms with Crippen LogP contribution in [0.5, 0.6) is 0 Å². The lowest BCUT2D eigenvalue weighted by molar-refractivity contribution is 0.0944. The highest BCUT2D eigenvalue weighted by atomic mass is 35.5. The molecule has 0 saturated heterocycles. The third kappa shape index (κ3) is 5.25. The van der Waals surface area contributed by atoms with Gasteiger partial charge in [-0.15, -0.1) is 10.2 Å². The third-order valence-corrected chi connectivity index (χ3v) is 4.24. The molecule has 1 aromatic heterocycles. The molecule has 5 nitrogen and oxygen atoms in total. The second kappa shape index (κ2) is 8.29. The molecule has 0 unspecified atom stereocenters. The number of amides is 1. The Kier molecular flexibility index (Phi) is 6.39. The zero-order valence-electron chi connectivity index (χ0n) is 12.5. The predicted molar refractivity (Wildman–Crippen MR) is 83.5 cm³/mol. The summed E-state index contributed by atoms with van der Waals surface area (Å²) in [5.74, 6) is -0.195. The number of aromatic nitrogens is 2. The van der Waals surface area contributed by atoms with Crippen LogP contribution in [0.25, 0.3) is 0 Å². The van der Waals surface area contributed by atoms with Crippen molar-refractivity contribution in [3.05, 3.63) is 23.0 Å². The van der Waals surface area contributed by atoms with Crippen molar-refractivity contribution in [3.8, 4) is 0 Å². The molecule has 116 valence electrons. The zero-order valence-corrected chi connectivity index (χ0v) is 13.3. The maximum Gasteiger partial charge on any atom is 0.271 e. The van der Waals surface area contributed by atoms with Gasteiger partial charge in [0.1, 0.15) is 0 Å². The van der Waals surface area contributed by atoms with Crippen molar-refractivity contribution in [3.63, 3.8) is 0 Å². The van der Waals surface area contributed by atoms with Crippen molar-refractivity contribution >= 4 is 17.5 Å². The Balaban J connectivity index is 1.64. The Morgan fingerprint density at radius 1 is 1.33 bits per heavy atom. The molecule has 1 aliphatic carbocycles. The van der Waals surface area contributed by atoms with E-state index in [1.165, 1.54) is 32.1 Å². The molecule has 1 amide bonds. The van der Waals surface area contributed by atoms with Gasteiger partial charge in [0, 0.05) is 12.6 Å². The van der Waals surface area contributed by atoms with Gasteiger partial charge >= 0.3 is 0 Å². The fraction of sp³-hybridized carbons (Fsp3) is 0.667. The molecule has 21 heavy (non-hydrogen) atoms. The molecule has 1 aromatic rings. The molecule has 0 aliphatic heterocycles. The molecule has 6 heteroatoms. The van der Waals surface area contributed by atoms with Crippen LogP contribution >= 0.6 is 11.6 Å². The van der Waals surface area contributed by atoms with E-state index in [0.29, 0.717) is 17.4 Å². The van der Waals surface area contributed by atoms with Crippen molar-refractivity contribution in [1.29, 1.82) is 0 Å². The first-order valence-electron chi connectivity index (χ1n) is 7.64. The van der Waals surface area contributed by atoms with E-state index in [1.807, 2.05) is 0 Å². The number of rotatable bonds is 6. The lowest BCUT2D eigenvalue weighted by Crippen LogP contribution is -2.36. The molecular weight excluding hydrogens is 288 g/mol. The van der Waals surface area contributed by atoms with Crippen molar-refractivity contribution in [2.45, 2.75) is 44.6 Å². The minimum atomic E-state index is -0.195. The minimum Gasteiger partial charge on any atom is -0.351 e. The summed E-state index contributed by atoms with van der Waals surface area (Å²) in [5, 5.41) is 10.6. The number of nitrogens with zero attached hydrogens (tertiary/aromatic N) is 3. The van der Waals surface area contributed by atoms with E-state index >= 15 is 0 Å². The maximum atomic E-state index is 11.8. The van der Waals surface area contributed by atoms with Crippen LogP contribution in [0.1, 0.15) is 49.0 Å². The monoisotopic (exact) mass is 310 g/mol. The SMILES string of the molecule is CN(CCCNC(=O)c1ccc(Cl)nn1)C1CCCCC1. The van der Waals surface area contributed by atoms with Crippen molar-refractivity contribution in [1.82, 2.24) is 20.4 Å². The van der Waals surface area contributed by atoms with Gasteiger partial charge in [-0.05, 0) is 45.0 Å². The Bertz CT molecular complexity index is 445. The minimum absolute atomic E-state index is 0.195. The van der Waals surface area contributed by atoms with Gasteiger partial charge in [-0.2, -0.15) is 0 Å². The summed E-state index contributed by atoms with van der Waals surface area (Å²) in [6.45, 7) is 1.66. The highest BCUT2D eigenvalue weighted by Crippen LogP contribution is 2.21. The van der Waals surface area contributed by atoms with Crippen LogP contribution in [0.4, 0.5) is 0 Å². The number of carbonyl (C=O) groups excluding carboxylic acids is 1. The molecule has 2 rings (SSSR count). The molecule has 0 bridgehead atoms. The van der Waals surface area contributed by atoms with Gasteiger partial charge in [-0.25, -0.2) is 0 Å². The average Bonchev–Trinajstić information content (AvgIpc) is 2.52. The Hall–Kier alpha value is -1.20. The summed E-state index contributed by atoms with van der Waals surface area (Å²) < 4.78 is 0. The molecule has 0 radical (unpaired) electrons. The van der Waals surface area contributed by atoms with Crippen LogP contribution < -0.4 is 5.32 Å². The molecule has 1 heterocycles. The molecule has 1 fully saturated rings.